The Morgan fingerprint density at radius 1 is 0.840 bits per heavy atom. The maximum Gasteiger partial charge on any atom is 0.204 e. The van der Waals surface area contributed by atoms with Crippen LogP contribution in [0.25, 0.3) is 0 Å². The van der Waals surface area contributed by atoms with Crippen LogP contribution in [0.15, 0.2) is 48.5 Å². The molecule has 0 radical (unpaired) electrons. The Balaban J connectivity index is 0.000000293. The van der Waals surface area contributed by atoms with E-state index < -0.39 is 0 Å². The molecule has 0 aliphatic heterocycles. The summed E-state index contributed by atoms with van der Waals surface area (Å²) in [5.41, 5.74) is 2.54. The quantitative estimate of drug-likeness (QED) is 0.717. The maximum absolute atomic E-state index is 8.85. The molecule has 3 heteroatoms. The Morgan fingerprint density at radius 3 is 1.64 bits per heavy atom. The Labute approximate surface area is 152 Å². The van der Waals surface area contributed by atoms with Crippen molar-refractivity contribution in [2.24, 2.45) is 5.41 Å². The number of aryl methyl sites for hydroxylation is 2. The minimum atomic E-state index is -0.222. The van der Waals surface area contributed by atoms with Gasteiger partial charge in [-0.15, -0.1) is 0 Å². The minimum Gasteiger partial charge on any atom is -0.508 e. The van der Waals surface area contributed by atoms with Crippen molar-refractivity contribution in [2.75, 3.05) is 7.11 Å². The molecule has 2 aromatic carbocycles. The Morgan fingerprint density at radius 2 is 1.28 bits per heavy atom. The van der Waals surface area contributed by atoms with Crippen LogP contribution in [-0.2, 0) is 17.6 Å². The van der Waals surface area contributed by atoms with E-state index in [0.717, 1.165) is 18.6 Å². The molecule has 0 spiro atoms. The van der Waals surface area contributed by atoms with Gasteiger partial charge in [-0.2, -0.15) is 0 Å². The lowest BCUT2D eigenvalue weighted by atomic mass is 9.96. The Kier molecular flexibility index (Phi) is 8.50. The molecule has 0 saturated carbocycles. The van der Waals surface area contributed by atoms with Gasteiger partial charge in [0.25, 0.3) is 0 Å². The van der Waals surface area contributed by atoms with Crippen LogP contribution in [-0.4, -0.2) is 18.5 Å². The number of hydrogen-bond acceptors (Lipinski definition) is 3. The zero-order chi connectivity index (χ0) is 18.9. The monoisotopic (exact) mass is 344 g/mol. The summed E-state index contributed by atoms with van der Waals surface area (Å²) < 4.78 is 11.2. The molecule has 0 aliphatic carbocycles. The fraction of sp³-hybridized carbons (Fsp3) is 0.455. The number of ether oxygens (including phenoxy) is 2. The molecule has 3 nitrogen and oxygen atoms in total. The standard InChI is InChI=1S/C14H22O2.C8H10O/c1-6-11-7-9-12(10-8-11)16-13(15-5)14(2,3)4;1-2-7-3-5-8(9)6-4-7/h7-10,13H,6H2,1-5H3;3-6,9H,2H2,1H3. The summed E-state index contributed by atoms with van der Waals surface area (Å²) >= 11 is 0. The van der Waals surface area contributed by atoms with E-state index in [0.29, 0.717) is 5.75 Å². The van der Waals surface area contributed by atoms with Crippen molar-refractivity contribution < 1.29 is 14.6 Å². The van der Waals surface area contributed by atoms with Crippen LogP contribution in [0.2, 0.25) is 0 Å². The lowest BCUT2D eigenvalue weighted by molar-refractivity contribution is -0.120. The zero-order valence-corrected chi connectivity index (χ0v) is 16.4. The molecule has 0 amide bonds. The molecule has 0 aromatic heterocycles. The summed E-state index contributed by atoms with van der Waals surface area (Å²) in [5.74, 6) is 1.20. The van der Waals surface area contributed by atoms with Gasteiger partial charge < -0.3 is 14.6 Å². The third kappa shape index (κ3) is 7.61. The molecule has 138 valence electrons. The lowest BCUT2D eigenvalue weighted by Gasteiger charge is -2.29. The van der Waals surface area contributed by atoms with Gasteiger partial charge in [-0.1, -0.05) is 58.9 Å². The van der Waals surface area contributed by atoms with Crippen LogP contribution in [0.5, 0.6) is 11.5 Å². The normalized spacial score (nSPS) is 12.1. The van der Waals surface area contributed by atoms with E-state index in [1.54, 1.807) is 19.2 Å². The molecular formula is C22H32O3. The molecule has 2 aromatic rings. The van der Waals surface area contributed by atoms with E-state index in [2.05, 4.69) is 46.8 Å². The highest BCUT2D eigenvalue weighted by Crippen LogP contribution is 2.25. The number of phenols is 1. The molecule has 1 N–H and O–H groups in total. The van der Waals surface area contributed by atoms with Crippen LogP contribution >= 0.6 is 0 Å². The summed E-state index contributed by atoms with van der Waals surface area (Å²) in [4.78, 5) is 0. The van der Waals surface area contributed by atoms with Crippen molar-refractivity contribution in [1.29, 1.82) is 0 Å². The molecule has 0 aliphatic rings. The van der Waals surface area contributed by atoms with E-state index in [1.165, 1.54) is 11.1 Å². The fourth-order valence-electron chi connectivity index (χ4n) is 2.24. The lowest BCUT2D eigenvalue weighted by Crippen LogP contribution is -2.33. The highest BCUT2D eigenvalue weighted by atomic mass is 16.7. The van der Waals surface area contributed by atoms with Gasteiger partial charge in [0, 0.05) is 12.5 Å². The summed E-state index contributed by atoms with van der Waals surface area (Å²) in [7, 11) is 1.68. The molecular weight excluding hydrogens is 312 g/mol. The maximum atomic E-state index is 8.85. The molecule has 1 unspecified atom stereocenters. The smallest absolute Gasteiger partial charge is 0.204 e. The number of hydrogen-bond donors (Lipinski definition) is 1. The molecule has 0 heterocycles. The topological polar surface area (TPSA) is 38.7 Å². The third-order valence-electron chi connectivity index (χ3n) is 3.84. The van der Waals surface area contributed by atoms with Gasteiger partial charge in [-0.3, -0.25) is 0 Å². The van der Waals surface area contributed by atoms with Crippen molar-refractivity contribution >= 4 is 0 Å². The molecule has 0 fully saturated rings. The van der Waals surface area contributed by atoms with Gasteiger partial charge >= 0.3 is 0 Å². The Hall–Kier alpha value is -2.00. The molecule has 0 bridgehead atoms. The van der Waals surface area contributed by atoms with E-state index in [-0.39, 0.29) is 11.7 Å². The first-order valence-electron chi connectivity index (χ1n) is 8.86. The first kappa shape index (κ1) is 21.0. The molecule has 2 rings (SSSR count). The molecule has 0 saturated heterocycles. The zero-order valence-electron chi connectivity index (χ0n) is 16.4. The van der Waals surface area contributed by atoms with Crippen molar-refractivity contribution in [3.05, 3.63) is 59.7 Å². The van der Waals surface area contributed by atoms with Crippen molar-refractivity contribution in [1.82, 2.24) is 0 Å². The largest absolute Gasteiger partial charge is 0.508 e. The molecule has 1 atom stereocenters. The van der Waals surface area contributed by atoms with Crippen LogP contribution in [0.1, 0.15) is 45.7 Å². The SMILES string of the molecule is CCc1ccc(O)cc1.CCc1ccc(OC(OC)C(C)(C)C)cc1. The minimum absolute atomic E-state index is 0.0296. The van der Waals surface area contributed by atoms with E-state index >= 15 is 0 Å². The van der Waals surface area contributed by atoms with Gasteiger partial charge in [0.1, 0.15) is 11.5 Å². The van der Waals surface area contributed by atoms with Gasteiger partial charge in [0.15, 0.2) is 0 Å². The second-order valence-electron chi connectivity index (χ2n) is 7.07. The van der Waals surface area contributed by atoms with Crippen molar-refractivity contribution in [2.45, 2.75) is 53.8 Å². The summed E-state index contributed by atoms with van der Waals surface area (Å²) in [6.07, 6.45) is 1.85. The van der Waals surface area contributed by atoms with Crippen molar-refractivity contribution in [3.8, 4) is 11.5 Å². The first-order valence-corrected chi connectivity index (χ1v) is 8.86. The molecule has 25 heavy (non-hydrogen) atoms. The number of benzene rings is 2. The predicted molar refractivity (Wildman–Crippen MR) is 104 cm³/mol. The Bertz CT molecular complexity index is 595. The number of phenolic OH excluding ortho intramolecular Hbond substituents is 1. The van der Waals surface area contributed by atoms with Gasteiger partial charge in [-0.25, -0.2) is 0 Å². The highest BCUT2D eigenvalue weighted by molar-refractivity contribution is 5.27. The summed E-state index contributed by atoms with van der Waals surface area (Å²) in [6, 6.07) is 15.4. The van der Waals surface area contributed by atoms with E-state index in [1.807, 2.05) is 24.3 Å². The van der Waals surface area contributed by atoms with Crippen LogP contribution < -0.4 is 4.74 Å². The predicted octanol–water partition coefficient (Wildman–Crippen LogP) is 5.60. The fourth-order valence-corrected chi connectivity index (χ4v) is 2.24. The van der Waals surface area contributed by atoms with E-state index in [9.17, 15) is 0 Å². The van der Waals surface area contributed by atoms with Gasteiger partial charge in [0.05, 0.1) is 0 Å². The van der Waals surface area contributed by atoms with E-state index in [4.69, 9.17) is 14.6 Å². The highest BCUT2D eigenvalue weighted by Gasteiger charge is 2.26. The average molecular weight is 344 g/mol. The second-order valence-corrected chi connectivity index (χ2v) is 7.07. The number of aromatic hydroxyl groups is 1. The van der Waals surface area contributed by atoms with Crippen LogP contribution in [0.3, 0.4) is 0 Å². The average Bonchev–Trinajstić information content (AvgIpc) is 2.60. The van der Waals surface area contributed by atoms with Gasteiger partial charge in [0.2, 0.25) is 6.29 Å². The number of rotatable bonds is 5. The second kappa shape index (κ2) is 10.1. The van der Waals surface area contributed by atoms with Crippen LogP contribution in [0.4, 0.5) is 0 Å². The number of methoxy groups -OCH3 is 1. The first-order chi connectivity index (χ1) is 11.8. The van der Waals surface area contributed by atoms with Crippen molar-refractivity contribution in [3.63, 3.8) is 0 Å². The third-order valence-corrected chi connectivity index (χ3v) is 3.84. The summed E-state index contributed by atoms with van der Waals surface area (Å²) in [6.45, 7) is 10.5. The van der Waals surface area contributed by atoms with Crippen LogP contribution in [0, 0.1) is 5.41 Å². The van der Waals surface area contributed by atoms with Gasteiger partial charge in [-0.05, 0) is 48.2 Å². The summed E-state index contributed by atoms with van der Waals surface area (Å²) in [5, 5.41) is 8.85.